The highest BCUT2D eigenvalue weighted by Gasteiger charge is 2.37. The molecule has 0 saturated heterocycles. The lowest BCUT2D eigenvalue weighted by molar-refractivity contribution is -0.141. The first-order valence-electron chi connectivity index (χ1n) is 7.17. The van der Waals surface area contributed by atoms with Crippen molar-refractivity contribution in [2.24, 2.45) is 11.8 Å². The SMILES string of the molecule is CC(CO)(NC(=O)[C@@H]1CC[C@H](C(=O)O)C1)c1ccccc1. The fourth-order valence-corrected chi connectivity index (χ4v) is 2.83. The van der Waals surface area contributed by atoms with Gasteiger partial charge in [0, 0.05) is 5.92 Å². The largest absolute Gasteiger partial charge is 0.481 e. The third kappa shape index (κ3) is 3.42. The van der Waals surface area contributed by atoms with E-state index in [1.807, 2.05) is 30.3 Å². The van der Waals surface area contributed by atoms with E-state index in [2.05, 4.69) is 5.32 Å². The van der Waals surface area contributed by atoms with Gasteiger partial charge in [-0.25, -0.2) is 0 Å². The van der Waals surface area contributed by atoms with Crippen LogP contribution in [0.5, 0.6) is 0 Å². The molecule has 1 aliphatic rings. The van der Waals surface area contributed by atoms with Crippen LogP contribution in [-0.4, -0.2) is 28.7 Å². The fourth-order valence-electron chi connectivity index (χ4n) is 2.83. The molecule has 1 aromatic rings. The van der Waals surface area contributed by atoms with Crippen LogP contribution >= 0.6 is 0 Å². The molecule has 1 saturated carbocycles. The lowest BCUT2D eigenvalue weighted by Gasteiger charge is -2.30. The van der Waals surface area contributed by atoms with Crippen molar-refractivity contribution in [3.05, 3.63) is 35.9 Å². The zero-order chi connectivity index (χ0) is 15.5. The van der Waals surface area contributed by atoms with E-state index in [1.54, 1.807) is 6.92 Å². The predicted octanol–water partition coefficient (Wildman–Crippen LogP) is 1.51. The van der Waals surface area contributed by atoms with Gasteiger partial charge in [0.2, 0.25) is 5.91 Å². The maximum Gasteiger partial charge on any atom is 0.306 e. The van der Waals surface area contributed by atoms with E-state index in [0.29, 0.717) is 19.3 Å². The number of carbonyl (C=O) groups excluding carboxylic acids is 1. The molecule has 0 radical (unpaired) electrons. The van der Waals surface area contributed by atoms with Crippen LogP contribution < -0.4 is 5.32 Å². The van der Waals surface area contributed by atoms with Gasteiger partial charge in [-0.1, -0.05) is 30.3 Å². The van der Waals surface area contributed by atoms with E-state index in [0.717, 1.165) is 5.56 Å². The number of aliphatic hydroxyl groups excluding tert-OH is 1. The van der Waals surface area contributed by atoms with Crippen LogP contribution in [0.25, 0.3) is 0 Å². The van der Waals surface area contributed by atoms with Crippen molar-refractivity contribution < 1.29 is 19.8 Å². The third-order valence-corrected chi connectivity index (χ3v) is 4.28. The minimum absolute atomic E-state index is 0.181. The Hall–Kier alpha value is -1.88. The molecule has 2 rings (SSSR count). The summed E-state index contributed by atoms with van der Waals surface area (Å²) in [6, 6.07) is 9.28. The van der Waals surface area contributed by atoms with Crippen LogP contribution in [0.2, 0.25) is 0 Å². The number of carboxylic acid groups (broad SMARTS) is 1. The number of aliphatic carboxylic acids is 1. The van der Waals surface area contributed by atoms with Crippen LogP contribution in [0, 0.1) is 11.8 Å². The zero-order valence-electron chi connectivity index (χ0n) is 12.1. The van der Waals surface area contributed by atoms with E-state index >= 15 is 0 Å². The van der Waals surface area contributed by atoms with E-state index in [-0.39, 0.29) is 18.4 Å². The van der Waals surface area contributed by atoms with Crippen molar-refractivity contribution in [1.82, 2.24) is 5.32 Å². The highest BCUT2D eigenvalue weighted by atomic mass is 16.4. The Balaban J connectivity index is 2.06. The molecule has 0 aliphatic heterocycles. The van der Waals surface area contributed by atoms with E-state index in [9.17, 15) is 14.7 Å². The lowest BCUT2D eigenvalue weighted by atomic mass is 9.91. The average molecular weight is 291 g/mol. The Kier molecular flexibility index (Phi) is 4.63. The average Bonchev–Trinajstić information content (AvgIpc) is 2.98. The molecular formula is C16H21NO4. The second-order valence-electron chi connectivity index (χ2n) is 5.89. The number of nitrogens with one attached hydrogen (secondary N) is 1. The van der Waals surface area contributed by atoms with Crippen molar-refractivity contribution in [3.8, 4) is 0 Å². The Morgan fingerprint density at radius 2 is 1.86 bits per heavy atom. The van der Waals surface area contributed by atoms with Gasteiger partial charge >= 0.3 is 5.97 Å². The summed E-state index contributed by atoms with van der Waals surface area (Å²) in [5.41, 5.74) is -0.0201. The van der Waals surface area contributed by atoms with Gasteiger partial charge in [0.05, 0.1) is 18.1 Å². The van der Waals surface area contributed by atoms with Gasteiger partial charge in [0.25, 0.3) is 0 Å². The normalized spacial score (nSPS) is 24.3. The molecular weight excluding hydrogens is 270 g/mol. The number of rotatable bonds is 5. The molecule has 1 unspecified atom stereocenters. The smallest absolute Gasteiger partial charge is 0.306 e. The Labute approximate surface area is 124 Å². The second-order valence-corrected chi connectivity index (χ2v) is 5.89. The van der Waals surface area contributed by atoms with Crippen LogP contribution in [0.4, 0.5) is 0 Å². The maximum atomic E-state index is 12.3. The zero-order valence-corrected chi connectivity index (χ0v) is 12.1. The van der Waals surface area contributed by atoms with Crippen LogP contribution in [-0.2, 0) is 15.1 Å². The number of hydrogen-bond acceptors (Lipinski definition) is 3. The fraction of sp³-hybridized carbons (Fsp3) is 0.500. The van der Waals surface area contributed by atoms with Crippen LogP contribution in [0.1, 0.15) is 31.7 Å². The molecule has 0 bridgehead atoms. The maximum absolute atomic E-state index is 12.3. The molecule has 0 heterocycles. The van der Waals surface area contributed by atoms with Crippen molar-refractivity contribution in [1.29, 1.82) is 0 Å². The first-order chi connectivity index (χ1) is 9.96. The number of aliphatic hydroxyl groups is 1. The summed E-state index contributed by atoms with van der Waals surface area (Å²) in [4.78, 5) is 23.3. The highest BCUT2D eigenvalue weighted by molar-refractivity contribution is 5.81. The first kappa shape index (κ1) is 15.5. The van der Waals surface area contributed by atoms with Crippen molar-refractivity contribution in [2.75, 3.05) is 6.61 Å². The summed E-state index contributed by atoms with van der Waals surface area (Å²) in [5, 5.41) is 21.5. The summed E-state index contributed by atoms with van der Waals surface area (Å²) in [6.45, 7) is 1.56. The molecule has 0 aromatic heterocycles. The second kappa shape index (κ2) is 6.26. The van der Waals surface area contributed by atoms with Crippen molar-refractivity contribution in [2.45, 2.75) is 31.7 Å². The minimum atomic E-state index is -0.848. The minimum Gasteiger partial charge on any atom is -0.481 e. The molecule has 1 aromatic carbocycles. The quantitative estimate of drug-likeness (QED) is 0.767. The van der Waals surface area contributed by atoms with Gasteiger partial charge < -0.3 is 15.5 Å². The van der Waals surface area contributed by atoms with Gasteiger partial charge in [-0.15, -0.1) is 0 Å². The van der Waals surface area contributed by atoms with Gasteiger partial charge in [-0.3, -0.25) is 9.59 Å². The monoisotopic (exact) mass is 291 g/mol. The summed E-state index contributed by atoms with van der Waals surface area (Å²) in [6.07, 6.45) is 1.49. The van der Waals surface area contributed by atoms with E-state index < -0.39 is 17.4 Å². The molecule has 114 valence electrons. The van der Waals surface area contributed by atoms with Gasteiger partial charge in [-0.2, -0.15) is 0 Å². The lowest BCUT2D eigenvalue weighted by Crippen LogP contribution is -2.48. The standard InChI is InChI=1S/C16H21NO4/c1-16(10-18,13-5-3-2-4-6-13)17-14(19)11-7-8-12(9-11)15(20)21/h2-6,11-12,18H,7-10H2,1H3,(H,17,19)(H,20,21)/t11-,12+,16?/m1/s1. The summed E-state index contributed by atoms with van der Waals surface area (Å²) >= 11 is 0. The van der Waals surface area contributed by atoms with Crippen LogP contribution in [0.15, 0.2) is 30.3 Å². The van der Waals surface area contributed by atoms with E-state index in [1.165, 1.54) is 0 Å². The number of carboxylic acids is 1. The van der Waals surface area contributed by atoms with E-state index in [4.69, 9.17) is 5.11 Å². The molecule has 1 fully saturated rings. The molecule has 21 heavy (non-hydrogen) atoms. The molecule has 1 aliphatic carbocycles. The predicted molar refractivity (Wildman–Crippen MR) is 77.5 cm³/mol. The molecule has 3 atom stereocenters. The Bertz CT molecular complexity index is 516. The van der Waals surface area contributed by atoms with Crippen molar-refractivity contribution >= 4 is 11.9 Å². The number of carbonyl (C=O) groups is 2. The molecule has 3 N–H and O–H groups in total. The number of benzene rings is 1. The molecule has 0 spiro atoms. The van der Waals surface area contributed by atoms with Gasteiger partial charge in [-0.05, 0) is 31.7 Å². The molecule has 5 heteroatoms. The first-order valence-corrected chi connectivity index (χ1v) is 7.17. The van der Waals surface area contributed by atoms with Gasteiger partial charge in [0.1, 0.15) is 0 Å². The Morgan fingerprint density at radius 3 is 2.38 bits per heavy atom. The number of hydrogen-bond donors (Lipinski definition) is 3. The summed E-state index contributed by atoms with van der Waals surface area (Å²) < 4.78 is 0. The topological polar surface area (TPSA) is 86.6 Å². The summed E-state index contributed by atoms with van der Waals surface area (Å²) in [7, 11) is 0. The van der Waals surface area contributed by atoms with Crippen molar-refractivity contribution in [3.63, 3.8) is 0 Å². The van der Waals surface area contributed by atoms with Crippen LogP contribution in [0.3, 0.4) is 0 Å². The molecule has 5 nitrogen and oxygen atoms in total. The number of amides is 1. The molecule has 1 amide bonds. The summed E-state index contributed by atoms with van der Waals surface area (Å²) in [5.74, 6) is -1.74. The Morgan fingerprint density at radius 1 is 1.24 bits per heavy atom. The highest BCUT2D eigenvalue weighted by Crippen LogP contribution is 2.32. The van der Waals surface area contributed by atoms with Gasteiger partial charge in [0.15, 0.2) is 0 Å². The third-order valence-electron chi connectivity index (χ3n) is 4.28.